The Morgan fingerprint density at radius 2 is 1.86 bits per heavy atom. The molecule has 0 saturated heterocycles. The van der Waals surface area contributed by atoms with Crippen LogP contribution >= 0.6 is 0 Å². The maximum Gasteiger partial charge on any atom is 0.170 e. The van der Waals surface area contributed by atoms with Gasteiger partial charge < -0.3 is 5.11 Å². The van der Waals surface area contributed by atoms with Gasteiger partial charge in [-0.3, -0.25) is 9.78 Å². The summed E-state index contributed by atoms with van der Waals surface area (Å²) in [6, 6.07) is 16.3. The first-order chi connectivity index (χ1) is 10.7. The van der Waals surface area contributed by atoms with Crippen molar-refractivity contribution in [2.24, 2.45) is 0 Å². The van der Waals surface area contributed by atoms with Crippen LogP contribution in [0.5, 0.6) is 5.75 Å². The molecule has 0 spiro atoms. The highest BCUT2D eigenvalue weighted by Gasteiger charge is 2.21. The number of hydrogen-bond acceptors (Lipinski definition) is 3. The van der Waals surface area contributed by atoms with E-state index in [1.54, 1.807) is 30.5 Å². The number of phenols is 1. The third-order valence-corrected chi connectivity index (χ3v) is 3.89. The van der Waals surface area contributed by atoms with Gasteiger partial charge in [-0.05, 0) is 48.4 Å². The number of hydrogen-bond donors (Lipinski definition) is 1. The van der Waals surface area contributed by atoms with Gasteiger partial charge in [-0.1, -0.05) is 25.1 Å². The van der Waals surface area contributed by atoms with Crippen molar-refractivity contribution in [1.29, 1.82) is 0 Å². The summed E-state index contributed by atoms with van der Waals surface area (Å²) in [5, 5.41) is 10.4. The van der Waals surface area contributed by atoms with Crippen LogP contribution < -0.4 is 0 Å². The molecule has 1 heterocycles. The number of para-hydroxylation sites is 1. The zero-order valence-electron chi connectivity index (χ0n) is 12.4. The van der Waals surface area contributed by atoms with Crippen LogP contribution in [0.2, 0.25) is 0 Å². The fraction of sp³-hybridized carbons (Fsp3) is 0.158. The second-order valence-electron chi connectivity index (χ2n) is 5.33. The Kier molecular flexibility index (Phi) is 3.88. The van der Waals surface area contributed by atoms with Gasteiger partial charge in [-0.25, -0.2) is 0 Å². The summed E-state index contributed by atoms with van der Waals surface area (Å²) < 4.78 is 0. The molecule has 1 N–H and O–H groups in total. The molecule has 110 valence electrons. The van der Waals surface area contributed by atoms with Crippen LogP contribution in [0.15, 0.2) is 60.8 Å². The first-order valence-corrected chi connectivity index (χ1v) is 7.37. The number of carbonyl (C=O) groups excluding carboxylic acids is 1. The van der Waals surface area contributed by atoms with E-state index in [4.69, 9.17) is 0 Å². The van der Waals surface area contributed by atoms with E-state index in [0.29, 0.717) is 12.0 Å². The van der Waals surface area contributed by atoms with Crippen LogP contribution in [0.4, 0.5) is 0 Å². The van der Waals surface area contributed by atoms with Gasteiger partial charge in [0.2, 0.25) is 0 Å². The van der Waals surface area contributed by atoms with E-state index in [9.17, 15) is 9.90 Å². The summed E-state index contributed by atoms with van der Waals surface area (Å²) in [7, 11) is 0. The number of pyridine rings is 1. The van der Waals surface area contributed by atoms with Crippen molar-refractivity contribution >= 4 is 16.7 Å². The maximum absolute atomic E-state index is 12.7. The van der Waals surface area contributed by atoms with Gasteiger partial charge in [-0.2, -0.15) is 0 Å². The SMILES string of the molecule is CCC(C(=O)c1ccc(O)cc1)c1cnc2ccccc2c1. The lowest BCUT2D eigenvalue weighted by atomic mass is 9.89. The van der Waals surface area contributed by atoms with E-state index in [2.05, 4.69) is 4.98 Å². The van der Waals surface area contributed by atoms with Gasteiger partial charge in [0.05, 0.1) is 5.52 Å². The molecule has 3 rings (SSSR count). The Balaban J connectivity index is 1.98. The average Bonchev–Trinajstić information content (AvgIpc) is 2.56. The standard InChI is InChI=1S/C19H17NO2/c1-2-17(19(22)13-7-9-16(21)10-8-13)15-11-14-5-3-4-6-18(14)20-12-15/h3-12,17,21H,2H2,1H3. The number of aromatic hydroxyl groups is 1. The second-order valence-corrected chi connectivity index (χ2v) is 5.33. The van der Waals surface area contributed by atoms with E-state index < -0.39 is 0 Å². The van der Waals surface area contributed by atoms with Crippen molar-refractivity contribution in [1.82, 2.24) is 4.98 Å². The zero-order valence-corrected chi connectivity index (χ0v) is 12.4. The molecule has 3 nitrogen and oxygen atoms in total. The molecular formula is C19H17NO2. The summed E-state index contributed by atoms with van der Waals surface area (Å²) in [4.78, 5) is 17.2. The van der Waals surface area contributed by atoms with Gasteiger partial charge in [-0.15, -0.1) is 0 Å². The van der Waals surface area contributed by atoms with Gasteiger partial charge in [0.1, 0.15) is 5.75 Å². The number of rotatable bonds is 4. The van der Waals surface area contributed by atoms with E-state index in [1.165, 1.54) is 0 Å². The monoisotopic (exact) mass is 291 g/mol. The van der Waals surface area contributed by atoms with Crippen molar-refractivity contribution in [3.05, 3.63) is 71.9 Å². The molecule has 0 aliphatic carbocycles. The Labute approximate surface area is 129 Å². The van der Waals surface area contributed by atoms with Crippen LogP contribution in [-0.4, -0.2) is 15.9 Å². The number of phenolic OH excluding ortho intramolecular Hbond substituents is 1. The van der Waals surface area contributed by atoms with Crippen LogP contribution in [-0.2, 0) is 0 Å². The van der Waals surface area contributed by atoms with Crippen LogP contribution in [0, 0.1) is 0 Å². The number of carbonyl (C=O) groups is 1. The highest BCUT2D eigenvalue weighted by Crippen LogP contribution is 2.26. The van der Waals surface area contributed by atoms with Crippen molar-refractivity contribution in [2.45, 2.75) is 19.3 Å². The van der Waals surface area contributed by atoms with Gasteiger partial charge in [0.25, 0.3) is 0 Å². The molecule has 0 aliphatic rings. The molecule has 0 saturated carbocycles. The molecule has 0 aliphatic heterocycles. The summed E-state index contributed by atoms with van der Waals surface area (Å²) in [6.45, 7) is 2.00. The lowest BCUT2D eigenvalue weighted by Crippen LogP contribution is -2.12. The minimum atomic E-state index is -0.221. The average molecular weight is 291 g/mol. The summed E-state index contributed by atoms with van der Waals surface area (Å²) in [5.74, 6) is -0.00167. The number of Topliss-reactive ketones (excluding diaryl/α,β-unsaturated/α-hetero) is 1. The predicted molar refractivity (Wildman–Crippen MR) is 87.2 cm³/mol. The summed E-state index contributed by atoms with van der Waals surface area (Å²) >= 11 is 0. The largest absolute Gasteiger partial charge is 0.508 e. The topological polar surface area (TPSA) is 50.2 Å². The lowest BCUT2D eigenvalue weighted by Gasteiger charge is -2.14. The Hall–Kier alpha value is -2.68. The first-order valence-electron chi connectivity index (χ1n) is 7.37. The molecule has 0 amide bonds. The quantitative estimate of drug-likeness (QED) is 0.728. The Morgan fingerprint density at radius 1 is 1.14 bits per heavy atom. The smallest absolute Gasteiger partial charge is 0.170 e. The molecule has 22 heavy (non-hydrogen) atoms. The highest BCUT2D eigenvalue weighted by molar-refractivity contribution is 6.01. The molecule has 2 aromatic carbocycles. The first kappa shape index (κ1) is 14.3. The summed E-state index contributed by atoms with van der Waals surface area (Å²) in [5.41, 5.74) is 2.47. The van der Waals surface area contributed by atoms with Crippen molar-refractivity contribution in [3.8, 4) is 5.75 Å². The van der Waals surface area contributed by atoms with Crippen molar-refractivity contribution < 1.29 is 9.90 Å². The molecule has 3 heteroatoms. The van der Waals surface area contributed by atoms with Crippen LogP contribution in [0.1, 0.15) is 35.2 Å². The minimum absolute atomic E-state index is 0.0552. The van der Waals surface area contributed by atoms with Crippen LogP contribution in [0.3, 0.4) is 0 Å². The fourth-order valence-electron chi connectivity index (χ4n) is 2.68. The second kappa shape index (κ2) is 5.98. The third kappa shape index (κ3) is 2.70. The van der Waals surface area contributed by atoms with E-state index in [1.807, 2.05) is 37.3 Å². The molecular weight excluding hydrogens is 274 g/mol. The van der Waals surface area contributed by atoms with E-state index >= 15 is 0 Å². The van der Waals surface area contributed by atoms with E-state index in [0.717, 1.165) is 16.5 Å². The Bertz CT molecular complexity index is 809. The molecule has 1 unspecified atom stereocenters. The highest BCUT2D eigenvalue weighted by atomic mass is 16.3. The number of nitrogens with zero attached hydrogens (tertiary/aromatic N) is 1. The molecule has 1 aromatic heterocycles. The Morgan fingerprint density at radius 3 is 2.59 bits per heavy atom. The number of benzene rings is 2. The zero-order chi connectivity index (χ0) is 15.5. The molecule has 0 radical (unpaired) electrons. The predicted octanol–water partition coefficient (Wildman–Crippen LogP) is 4.32. The maximum atomic E-state index is 12.7. The normalized spacial score (nSPS) is 12.2. The third-order valence-electron chi connectivity index (χ3n) is 3.89. The lowest BCUT2D eigenvalue weighted by molar-refractivity contribution is 0.0957. The summed E-state index contributed by atoms with van der Waals surface area (Å²) in [6.07, 6.45) is 2.49. The number of ketones is 1. The molecule has 1 atom stereocenters. The minimum Gasteiger partial charge on any atom is -0.508 e. The van der Waals surface area contributed by atoms with E-state index in [-0.39, 0.29) is 17.5 Å². The van der Waals surface area contributed by atoms with Crippen molar-refractivity contribution in [2.75, 3.05) is 0 Å². The van der Waals surface area contributed by atoms with Crippen LogP contribution in [0.25, 0.3) is 10.9 Å². The molecule has 0 fully saturated rings. The number of aromatic nitrogens is 1. The molecule has 3 aromatic rings. The molecule has 0 bridgehead atoms. The van der Waals surface area contributed by atoms with Gasteiger partial charge in [0.15, 0.2) is 5.78 Å². The van der Waals surface area contributed by atoms with Gasteiger partial charge in [0, 0.05) is 23.1 Å². The van der Waals surface area contributed by atoms with Gasteiger partial charge >= 0.3 is 0 Å². The fourth-order valence-corrected chi connectivity index (χ4v) is 2.68. The number of fused-ring (bicyclic) bond motifs is 1. The van der Waals surface area contributed by atoms with Crippen molar-refractivity contribution in [3.63, 3.8) is 0 Å².